The van der Waals surface area contributed by atoms with E-state index in [4.69, 9.17) is 9.47 Å². The lowest BCUT2D eigenvalue weighted by Crippen LogP contribution is -2.50. The van der Waals surface area contributed by atoms with Crippen molar-refractivity contribution in [1.82, 2.24) is 10.2 Å². The highest BCUT2D eigenvalue weighted by molar-refractivity contribution is 4.96. The van der Waals surface area contributed by atoms with Gasteiger partial charge in [0.1, 0.15) is 0 Å². The molecular weight excluding hydrogens is 240 g/mol. The Kier molecular flexibility index (Phi) is 3.30. The molecule has 0 bridgehead atoms. The maximum Gasteiger partial charge on any atom is 0.0951 e. The number of nitrogens with one attached hydrogen (secondary N) is 1. The summed E-state index contributed by atoms with van der Waals surface area (Å²) in [6.07, 6.45) is 7.60. The quantitative estimate of drug-likeness (QED) is 0.831. The van der Waals surface area contributed by atoms with Crippen LogP contribution in [0, 0.1) is 0 Å². The van der Waals surface area contributed by atoms with Crippen molar-refractivity contribution in [3.8, 4) is 0 Å². The summed E-state index contributed by atoms with van der Waals surface area (Å²) in [6, 6.07) is 2.28. The Hall–Kier alpha value is -0.160. The number of likely N-dealkylation sites (tertiary alicyclic amines) is 1. The zero-order valence-corrected chi connectivity index (χ0v) is 11.8. The molecule has 0 amide bonds. The molecular formula is C15H26N2O2. The Bertz CT molecular complexity index is 326. The highest BCUT2D eigenvalue weighted by Crippen LogP contribution is 2.34. The number of nitrogens with zero attached hydrogens (tertiary/aromatic N) is 1. The summed E-state index contributed by atoms with van der Waals surface area (Å²) < 4.78 is 11.6. The average molecular weight is 266 g/mol. The third-order valence-corrected chi connectivity index (χ3v) is 5.31. The molecule has 4 aliphatic rings. The lowest BCUT2D eigenvalue weighted by molar-refractivity contribution is -0.0902. The monoisotopic (exact) mass is 266 g/mol. The number of hydrogen-bond acceptors (Lipinski definition) is 4. The lowest BCUT2D eigenvalue weighted by atomic mass is 9.89. The van der Waals surface area contributed by atoms with Gasteiger partial charge in [0.2, 0.25) is 0 Å². The van der Waals surface area contributed by atoms with Crippen LogP contribution in [-0.2, 0) is 9.47 Å². The molecule has 0 radical (unpaired) electrons. The van der Waals surface area contributed by atoms with Crippen molar-refractivity contribution in [2.45, 2.75) is 62.3 Å². The van der Waals surface area contributed by atoms with Gasteiger partial charge in [-0.05, 0) is 32.1 Å². The Morgan fingerprint density at radius 3 is 2.79 bits per heavy atom. The standard InChI is InChI=1S/C15H26N2O2/c1-2-14(1)17-6-3-13(10-17)16-12-4-7-19-15(9-12)5-8-18-11-15/h12-14,16H,1-11H2. The number of rotatable bonds is 3. The van der Waals surface area contributed by atoms with Gasteiger partial charge in [0.05, 0.1) is 12.2 Å². The van der Waals surface area contributed by atoms with Gasteiger partial charge >= 0.3 is 0 Å². The first-order chi connectivity index (χ1) is 9.33. The van der Waals surface area contributed by atoms with Crippen LogP contribution in [-0.4, -0.2) is 61.5 Å². The number of ether oxygens (including phenoxy) is 2. The first kappa shape index (κ1) is 12.6. The Labute approximate surface area is 115 Å². The Morgan fingerprint density at radius 2 is 2.00 bits per heavy atom. The van der Waals surface area contributed by atoms with Crippen molar-refractivity contribution in [2.24, 2.45) is 0 Å². The van der Waals surface area contributed by atoms with Crippen molar-refractivity contribution in [2.75, 3.05) is 32.9 Å². The minimum absolute atomic E-state index is 0.0463. The van der Waals surface area contributed by atoms with E-state index < -0.39 is 0 Å². The normalized spacial score (nSPS) is 44.2. The van der Waals surface area contributed by atoms with E-state index in [1.54, 1.807) is 0 Å². The molecule has 3 atom stereocenters. The molecule has 108 valence electrons. The van der Waals surface area contributed by atoms with Crippen molar-refractivity contribution >= 4 is 0 Å². The second-order valence-electron chi connectivity index (χ2n) is 6.90. The van der Waals surface area contributed by atoms with E-state index in [1.807, 2.05) is 0 Å². The molecule has 3 aliphatic heterocycles. The van der Waals surface area contributed by atoms with Crippen LogP contribution in [0.15, 0.2) is 0 Å². The summed E-state index contributed by atoms with van der Waals surface area (Å²) in [6.45, 7) is 5.17. The molecule has 1 spiro atoms. The molecule has 3 heterocycles. The van der Waals surface area contributed by atoms with Crippen molar-refractivity contribution in [1.29, 1.82) is 0 Å². The summed E-state index contributed by atoms with van der Waals surface area (Å²) in [4.78, 5) is 2.69. The molecule has 0 aromatic carbocycles. The van der Waals surface area contributed by atoms with E-state index in [-0.39, 0.29) is 5.60 Å². The Balaban J connectivity index is 1.30. The van der Waals surface area contributed by atoms with Gasteiger partial charge in [-0.2, -0.15) is 0 Å². The van der Waals surface area contributed by atoms with Gasteiger partial charge in [0.15, 0.2) is 0 Å². The van der Waals surface area contributed by atoms with Gasteiger partial charge in [-0.25, -0.2) is 0 Å². The minimum Gasteiger partial charge on any atom is -0.378 e. The average Bonchev–Trinajstić information content (AvgIpc) is 3.01. The van der Waals surface area contributed by atoms with Crippen LogP contribution in [0.5, 0.6) is 0 Å². The summed E-state index contributed by atoms with van der Waals surface area (Å²) in [7, 11) is 0. The molecule has 1 saturated carbocycles. The molecule has 1 N–H and O–H groups in total. The summed E-state index contributed by atoms with van der Waals surface area (Å²) >= 11 is 0. The summed E-state index contributed by atoms with van der Waals surface area (Å²) in [5.41, 5.74) is 0.0463. The first-order valence-corrected chi connectivity index (χ1v) is 8.05. The third kappa shape index (κ3) is 2.68. The van der Waals surface area contributed by atoms with Gasteiger partial charge in [0.25, 0.3) is 0 Å². The number of hydrogen-bond donors (Lipinski definition) is 1. The maximum atomic E-state index is 6.02. The largest absolute Gasteiger partial charge is 0.378 e. The molecule has 19 heavy (non-hydrogen) atoms. The molecule has 3 saturated heterocycles. The van der Waals surface area contributed by atoms with Gasteiger partial charge in [0, 0.05) is 50.8 Å². The zero-order valence-electron chi connectivity index (χ0n) is 11.8. The van der Waals surface area contributed by atoms with Gasteiger partial charge < -0.3 is 14.8 Å². The van der Waals surface area contributed by atoms with Crippen LogP contribution in [0.4, 0.5) is 0 Å². The smallest absolute Gasteiger partial charge is 0.0951 e. The van der Waals surface area contributed by atoms with Crippen molar-refractivity contribution in [3.63, 3.8) is 0 Å². The lowest BCUT2D eigenvalue weighted by Gasteiger charge is -2.38. The van der Waals surface area contributed by atoms with Gasteiger partial charge in [-0.15, -0.1) is 0 Å². The predicted molar refractivity (Wildman–Crippen MR) is 73.3 cm³/mol. The molecule has 0 aromatic rings. The fourth-order valence-electron chi connectivity index (χ4n) is 4.06. The highest BCUT2D eigenvalue weighted by Gasteiger charge is 2.42. The first-order valence-electron chi connectivity index (χ1n) is 8.05. The van der Waals surface area contributed by atoms with Crippen LogP contribution in [0.2, 0.25) is 0 Å². The van der Waals surface area contributed by atoms with E-state index in [0.717, 1.165) is 38.7 Å². The molecule has 3 unspecified atom stereocenters. The molecule has 4 nitrogen and oxygen atoms in total. The molecule has 4 rings (SSSR count). The summed E-state index contributed by atoms with van der Waals surface area (Å²) in [5.74, 6) is 0. The Morgan fingerprint density at radius 1 is 1.05 bits per heavy atom. The molecule has 0 aromatic heterocycles. The summed E-state index contributed by atoms with van der Waals surface area (Å²) in [5, 5.41) is 3.90. The van der Waals surface area contributed by atoms with Crippen LogP contribution < -0.4 is 5.32 Å². The van der Waals surface area contributed by atoms with Crippen LogP contribution in [0.1, 0.15) is 38.5 Å². The van der Waals surface area contributed by atoms with E-state index in [0.29, 0.717) is 12.1 Å². The predicted octanol–water partition coefficient (Wildman–Crippen LogP) is 1.15. The molecule has 4 fully saturated rings. The van der Waals surface area contributed by atoms with Gasteiger partial charge in [-0.1, -0.05) is 0 Å². The SMILES string of the molecule is C1CC2(CO1)CC(NC1CCN(C3CC3)C1)CCO2. The molecule has 4 heteroatoms. The minimum atomic E-state index is 0.0463. The third-order valence-electron chi connectivity index (χ3n) is 5.31. The molecule has 1 aliphatic carbocycles. The van der Waals surface area contributed by atoms with Crippen molar-refractivity contribution < 1.29 is 9.47 Å². The van der Waals surface area contributed by atoms with E-state index in [9.17, 15) is 0 Å². The fourth-order valence-corrected chi connectivity index (χ4v) is 4.06. The van der Waals surface area contributed by atoms with Crippen LogP contribution >= 0.6 is 0 Å². The van der Waals surface area contributed by atoms with E-state index in [2.05, 4.69) is 10.2 Å². The van der Waals surface area contributed by atoms with Crippen molar-refractivity contribution in [3.05, 3.63) is 0 Å². The topological polar surface area (TPSA) is 33.7 Å². The second-order valence-corrected chi connectivity index (χ2v) is 6.90. The van der Waals surface area contributed by atoms with E-state index in [1.165, 1.54) is 38.8 Å². The zero-order chi connectivity index (χ0) is 12.7. The second kappa shape index (κ2) is 4.99. The van der Waals surface area contributed by atoms with E-state index >= 15 is 0 Å². The maximum absolute atomic E-state index is 6.02. The van der Waals surface area contributed by atoms with Gasteiger partial charge in [-0.3, -0.25) is 4.90 Å². The van der Waals surface area contributed by atoms with Crippen LogP contribution in [0.3, 0.4) is 0 Å². The fraction of sp³-hybridized carbons (Fsp3) is 1.00. The van der Waals surface area contributed by atoms with Crippen LogP contribution in [0.25, 0.3) is 0 Å². The highest BCUT2D eigenvalue weighted by atomic mass is 16.6.